The van der Waals surface area contributed by atoms with Gasteiger partial charge in [0.1, 0.15) is 5.82 Å². The molecule has 1 fully saturated rings. The van der Waals surface area contributed by atoms with Crippen molar-refractivity contribution in [3.8, 4) is 0 Å². The highest BCUT2D eigenvalue weighted by Gasteiger charge is 2.17. The van der Waals surface area contributed by atoms with E-state index in [9.17, 15) is 4.79 Å². The van der Waals surface area contributed by atoms with Gasteiger partial charge in [-0.3, -0.25) is 4.79 Å². The van der Waals surface area contributed by atoms with Crippen molar-refractivity contribution in [1.29, 1.82) is 0 Å². The van der Waals surface area contributed by atoms with E-state index < -0.39 is 0 Å². The lowest BCUT2D eigenvalue weighted by molar-refractivity contribution is -0.128. The molecule has 0 aromatic carbocycles. The third-order valence-corrected chi connectivity index (χ3v) is 3.18. The number of carbonyl (C=O) groups excluding carboxylic acids is 1. The van der Waals surface area contributed by atoms with E-state index >= 15 is 0 Å². The van der Waals surface area contributed by atoms with E-state index in [1.54, 1.807) is 12.3 Å². The van der Waals surface area contributed by atoms with E-state index in [0.717, 1.165) is 30.4 Å². The maximum absolute atomic E-state index is 11.8. The first-order valence-electron chi connectivity index (χ1n) is 5.59. The quantitative estimate of drug-likeness (QED) is 0.886. The summed E-state index contributed by atoms with van der Waals surface area (Å²) in [5.74, 6) is 0.660. The number of carbonyl (C=O) groups is 1. The predicted molar refractivity (Wildman–Crippen MR) is 70.7 cm³/mol. The number of likely N-dealkylation sites (tertiary alicyclic amines) is 1. The fraction of sp³-hybridized carbons (Fsp3) is 0.455. The molecular weight excluding hydrogens is 284 g/mol. The zero-order valence-electron chi connectivity index (χ0n) is 9.45. The van der Waals surface area contributed by atoms with Gasteiger partial charge < -0.3 is 16.0 Å². The number of nitrogens with one attached hydrogen (secondary N) is 1. The molecule has 0 bridgehead atoms. The Balaban J connectivity index is 1.90. The Kier molecular flexibility index (Phi) is 3.83. The van der Waals surface area contributed by atoms with Gasteiger partial charge in [0.15, 0.2) is 0 Å². The van der Waals surface area contributed by atoms with Crippen molar-refractivity contribution in [3.05, 3.63) is 16.7 Å². The Bertz CT molecular complexity index is 418. The number of anilines is 2. The molecule has 1 aliphatic heterocycles. The van der Waals surface area contributed by atoms with Crippen LogP contribution in [0.4, 0.5) is 11.5 Å². The van der Waals surface area contributed by atoms with Crippen molar-refractivity contribution < 1.29 is 4.79 Å². The lowest BCUT2D eigenvalue weighted by Crippen LogP contribution is -2.33. The van der Waals surface area contributed by atoms with Crippen LogP contribution < -0.4 is 11.1 Å². The van der Waals surface area contributed by atoms with E-state index in [1.807, 2.05) is 4.90 Å². The van der Waals surface area contributed by atoms with Crippen LogP contribution in [0.15, 0.2) is 16.7 Å². The summed E-state index contributed by atoms with van der Waals surface area (Å²) in [5.41, 5.74) is 6.32. The molecular formula is C11H15BrN4O. The van der Waals surface area contributed by atoms with Crippen LogP contribution in [0.2, 0.25) is 0 Å². The van der Waals surface area contributed by atoms with Gasteiger partial charge in [0.05, 0.1) is 12.2 Å². The molecule has 6 heteroatoms. The second-order valence-electron chi connectivity index (χ2n) is 4.03. The van der Waals surface area contributed by atoms with Crippen molar-refractivity contribution >= 4 is 33.3 Å². The molecule has 1 aromatic heterocycles. The number of nitrogens with two attached hydrogens (primary N) is 1. The number of nitrogens with zero attached hydrogens (tertiary/aromatic N) is 2. The molecule has 0 aliphatic carbocycles. The van der Waals surface area contributed by atoms with Crippen LogP contribution >= 0.6 is 15.9 Å². The minimum Gasteiger partial charge on any atom is -0.396 e. The van der Waals surface area contributed by atoms with Crippen molar-refractivity contribution in [1.82, 2.24) is 9.88 Å². The summed E-state index contributed by atoms with van der Waals surface area (Å²) in [4.78, 5) is 17.8. The Labute approximate surface area is 109 Å². The maximum atomic E-state index is 11.8. The fourth-order valence-electron chi connectivity index (χ4n) is 1.84. The highest BCUT2D eigenvalue weighted by atomic mass is 79.9. The second kappa shape index (κ2) is 5.35. The van der Waals surface area contributed by atoms with Crippen molar-refractivity contribution in [2.24, 2.45) is 0 Å². The zero-order chi connectivity index (χ0) is 12.3. The molecule has 0 saturated carbocycles. The summed E-state index contributed by atoms with van der Waals surface area (Å²) in [6.45, 7) is 1.98. The van der Waals surface area contributed by atoms with Crippen LogP contribution in [-0.2, 0) is 4.79 Å². The van der Waals surface area contributed by atoms with Gasteiger partial charge in [-0.1, -0.05) is 0 Å². The summed E-state index contributed by atoms with van der Waals surface area (Å²) < 4.78 is 0.825. The topological polar surface area (TPSA) is 71.2 Å². The highest BCUT2D eigenvalue weighted by Crippen LogP contribution is 2.19. The minimum absolute atomic E-state index is 0.103. The van der Waals surface area contributed by atoms with Crippen LogP contribution in [-0.4, -0.2) is 35.4 Å². The molecule has 1 aromatic rings. The first-order valence-corrected chi connectivity index (χ1v) is 6.39. The number of halogens is 1. The molecule has 2 heterocycles. The Morgan fingerprint density at radius 2 is 2.24 bits per heavy atom. The number of nitrogen functional groups attached to an aromatic ring is 1. The van der Waals surface area contributed by atoms with Gasteiger partial charge in [-0.25, -0.2) is 4.98 Å². The number of rotatable bonds is 3. The first kappa shape index (κ1) is 12.2. The van der Waals surface area contributed by atoms with Crippen molar-refractivity contribution in [3.63, 3.8) is 0 Å². The molecule has 92 valence electrons. The molecule has 2 rings (SSSR count). The number of hydrogen-bond acceptors (Lipinski definition) is 4. The van der Waals surface area contributed by atoms with E-state index in [1.165, 1.54) is 0 Å². The molecule has 1 amide bonds. The van der Waals surface area contributed by atoms with Gasteiger partial charge in [0.25, 0.3) is 0 Å². The molecule has 1 saturated heterocycles. The molecule has 0 radical (unpaired) electrons. The number of pyridine rings is 1. The molecule has 17 heavy (non-hydrogen) atoms. The van der Waals surface area contributed by atoms with Crippen LogP contribution in [0.1, 0.15) is 12.8 Å². The smallest absolute Gasteiger partial charge is 0.241 e. The van der Waals surface area contributed by atoms with E-state index in [-0.39, 0.29) is 12.5 Å². The predicted octanol–water partition coefficient (Wildman–Crippen LogP) is 1.46. The third kappa shape index (κ3) is 3.09. The molecule has 3 N–H and O–H groups in total. The van der Waals surface area contributed by atoms with E-state index in [2.05, 4.69) is 26.2 Å². The van der Waals surface area contributed by atoms with Crippen LogP contribution in [0.25, 0.3) is 0 Å². The van der Waals surface area contributed by atoms with Gasteiger partial charge in [-0.2, -0.15) is 0 Å². The average Bonchev–Trinajstić information content (AvgIpc) is 2.81. The Hall–Kier alpha value is -1.30. The normalized spacial score (nSPS) is 15.0. The average molecular weight is 299 g/mol. The van der Waals surface area contributed by atoms with Gasteiger partial charge >= 0.3 is 0 Å². The number of hydrogen-bond donors (Lipinski definition) is 2. The number of amides is 1. The Morgan fingerprint density at radius 3 is 2.88 bits per heavy atom. The highest BCUT2D eigenvalue weighted by molar-refractivity contribution is 9.10. The molecule has 0 atom stereocenters. The lowest BCUT2D eigenvalue weighted by atomic mass is 10.4. The second-order valence-corrected chi connectivity index (χ2v) is 4.95. The zero-order valence-corrected chi connectivity index (χ0v) is 11.0. The summed E-state index contributed by atoms with van der Waals surface area (Å²) in [6, 6.07) is 1.76. The third-order valence-electron chi connectivity index (χ3n) is 2.75. The Morgan fingerprint density at radius 1 is 1.53 bits per heavy atom. The van der Waals surface area contributed by atoms with Crippen LogP contribution in [0, 0.1) is 0 Å². The summed E-state index contributed by atoms with van der Waals surface area (Å²) in [5, 5.41) is 2.97. The summed E-state index contributed by atoms with van der Waals surface area (Å²) >= 11 is 3.28. The van der Waals surface area contributed by atoms with E-state index in [0.29, 0.717) is 11.5 Å². The molecule has 1 aliphatic rings. The van der Waals surface area contributed by atoms with Crippen molar-refractivity contribution in [2.45, 2.75) is 12.8 Å². The molecule has 0 unspecified atom stereocenters. The monoisotopic (exact) mass is 298 g/mol. The molecule has 0 spiro atoms. The minimum atomic E-state index is 0.103. The van der Waals surface area contributed by atoms with Gasteiger partial charge in [-0.15, -0.1) is 0 Å². The van der Waals surface area contributed by atoms with Crippen molar-refractivity contribution in [2.75, 3.05) is 30.7 Å². The SMILES string of the molecule is Nc1cc(Br)cnc1NCC(=O)N1CCCC1. The fourth-order valence-corrected chi connectivity index (χ4v) is 2.19. The largest absolute Gasteiger partial charge is 0.396 e. The van der Waals surface area contributed by atoms with E-state index in [4.69, 9.17) is 5.73 Å². The van der Waals surface area contributed by atoms with Crippen LogP contribution in [0.5, 0.6) is 0 Å². The van der Waals surface area contributed by atoms with Crippen LogP contribution in [0.3, 0.4) is 0 Å². The van der Waals surface area contributed by atoms with Gasteiger partial charge in [0, 0.05) is 23.8 Å². The number of aromatic nitrogens is 1. The maximum Gasteiger partial charge on any atom is 0.241 e. The standard InChI is InChI=1S/C11H15BrN4O/c12-8-5-9(13)11(14-6-8)15-7-10(17)16-3-1-2-4-16/h5-6H,1-4,7,13H2,(H,14,15). The van der Waals surface area contributed by atoms with Gasteiger partial charge in [0.2, 0.25) is 5.91 Å². The summed E-state index contributed by atoms with van der Waals surface area (Å²) in [6.07, 6.45) is 3.86. The van der Waals surface area contributed by atoms with Gasteiger partial charge in [-0.05, 0) is 34.8 Å². The lowest BCUT2D eigenvalue weighted by Gasteiger charge is -2.16. The first-order chi connectivity index (χ1) is 8.16. The summed E-state index contributed by atoms with van der Waals surface area (Å²) in [7, 11) is 0. The molecule has 5 nitrogen and oxygen atoms in total.